The van der Waals surface area contributed by atoms with Crippen LogP contribution in [0.4, 0.5) is 5.69 Å². The summed E-state index contributed by atoms with van der Waals surface area (Å²) in [6.45, 7) is 6.20. The number of H-pyrrole nitrogens is 1. The number of nitrogens with one attached hydrogen (secondary N) is 1. The molecule has 0 saturated carbocycles. The molecule has 47 heavy (non-hydrogen) atoms. The second-order valence-electron chi connectivity index (χ2n) is 10.1. The third-order valence-electron chi connectivity index (χ3n) is 6.76. The van der Waals surface area contributed by atoms with Gasteiger partial charge in [-0.3, -0.25) is 9.69 Å². The van der Waals surface area contributed by atoms with E-state index in [1.165, 1.54) is 15.8 Å². The number of ether oxygens (including phenoxy) is 1. The van der Waals surface area contributed by atoms with Gasteiger partial charge in [0, 0.05) is 78.4 Å². The van der Waals surface area contributed by atoms with Crippen molar-refractivity contribution in [2.45, 2.75) is 12.8 Å². The first kappa shape index (κ1) is 36.0. The standard InChI is InChI=1S/C25H27N3O2S.2C4H4O4/c29-25-9-7-19-6-8-20(18-22(19)26-25)30-16-2-1-11-27-12-14-28(15-13-27)23-4-3-5-24-21(23)10-17-31-24;2*5-3(6)1-2-4(7)8/h3-10,17-18H,1-2,11-16H2,(H,26,29);2*1-2H,(H,5,6)(H,7,8). The average Bonchev–Trinajstić information content (AvgIpc) is 3.53. The van der Waals surface area contributed by atoms with Crippen molar-refractivity contribution in [2.75, 3.05) is 44.2 Å². The number of thiophene rings is 1. The Morgan fingerprint density at radius 1 is 0.787 bits per heavy atom. The normalized spacial score (nSPS) is 13.1. The molecule has 14 heteroatoms. The fourth-order valence-corrected chi connectivity index (χ4v) is 5.40. The number of nitrogens with zero attached hydrogens (tertiary/aromatic N) is 2. The number of aromatic nitrogens is 1. The van der Waals surface area contributed by atoms with Gasteiger partial charge >= 0.3 is 23.9 Å². The Morgan fingerprint density at radius 3 is 2.02 bits per heavy atom. The first-order valence-electron chi connectivity index (χ1n) is 14.5. The van der Waals surface area contributed by atoms with Gasteiger partial charge in [0.1, 0.15) is 5.75 Å². The molecule has 5 rings (SSSR count). The van der Waals surface area contributed by atoms with Gasteiger partial charge in [-0.1, -0.05) is 6.07 Å². The molecule has 2 aromatic carbocycles. The Balaban J connectivity index is 0.000000312. The minimum atomic E-state index is -1.26. The van der Waals surface area contributed by atoms with Gasteiger partial charge in [-0.2, -0.15) is 0 Å². The summed E-state index contributed by atoms with van der Waals surface area (Å²) < 4.78 is 7.28. The number of pyridine rings is 1. The molecular weight excluding hydrogens is 630 g/mol. The molecule has 0 bridgehead atoms. The van der Waals surface area contributed by atoms with Crippen LogP contribution in [-0.2, 0) is 19.2 Å². The number of unbranched alkanes of at least 4 members (excludes halogenated alkanes) is 1. The number of hydrogen-bond acceptors (Lipinski definition) is 9. The maximum absolute atomic E-state index is 11.5. The summed E-state index contributed by atoms with van der Waals surface area (Å²) in [5.41, 5.74) is 2.11. The van der Waals surface area contributed by atoms with Gasteiger partial charge in [-0.15, -0.1) is 11.3 Å². The molecule has 2 aromatic heterocycles. The van der Waals surface area contributed by atoms with E-state index in [9.17, 15) is 24.0 Å². The minimum Gasteiger partial charge on any atom is -0.494 e. The number of fused-ring (bicyclic) bond motifs is 2. The quantitative estimate of drug-likeness (QED) is 0.114. The fraction of sp³-hybridized carbons (Fsp3) is 0.242. The van der Waals surface area contributed by atoms with Crippen LogP contribution in [0.2, 0.25) is 0 Å². The van der Waals surface area contributed by atoms with E-state index in [1.807, 2.05) is 35.6 Å². The predicted octanol–water partition coefficient (Wildman–Crippen LogP) is 4.15. The predicted molar refractivity (Wildman–Crippen MR) is 179 cm³/mol. The van der Waals surface area contributed by atoms with Crippen LogP contribution < -0.4 is 15.2 Å². The maximum Gasteiger partial charge on any atom is 0.328 e. The van der Waals surface area contributed by atoms with E-state index in [1.54, 1.807) is 6.07 Å². The highest BCUT2D eigenvalue weighted by Crippen LogP contribution is 2.31. The Hall–Kier alpha value is -5.47. The number of hydrogen-bond donors (Lipinski definition) is 5. The molecule has 0 atom stereocenters. The molecule has 0 unspecified atom stereocenters. The molecule has 0 aliphatic carbocycles. The van der Waals surface area contributed by atoms with Crippen LogP contribution in [-0.4, -0.2) is 93.5 Å². The summed E-state index contributed by atoms with van der Waals surface area (Å²) in [7, 11) is 0. The molecule has 1 saturated heterocycles. The topological polar surface area (TPSA) is 198 Å². The van der Waals surface area contributed by atoms with Gasteiger partial charge in [-0.05, 0) is 66.6 Å². The van der Waals surface area contributed by atoms with Crippen molar-refractivity contribution < 1.29 is 44.3 Å². The Bertz CT molecular complexity index is 1720. The molecule has 0 radical (unpaired) electrons. The molecule has 1 fully saturated rings. The number of aliphatic carboxylic acids is 4. The van der Waals surface area contributed by atoms with Crippen LogP contribution in [0.1, 0.15) is 12.8 Å². The Labute approximate surface area is 273 Å². The molecule has 13 nitrogen and oxygen atoms in total. The fourth-order valence-electron chi connectivity index (χ4n) is 4.60. The summed E-state index contributed by atoms with van der Waals surface area (Å²) in [5, 5.41) is 35.8. The van der Waals surface area contributed by atoms with Crippen molar-refractivity contribution >= 4 is 61.9 Å². The molecule has 4 aromatic rings. The highest BCUT2D eigenvalue weighted by Gasteiger charge is 2.18. The van der Waals surface area contributed by atoms with Crippen molar-refractivity contribution in [1.29, 1.82) is 0 Å². The highest BCUT2D eigenvalue weighted by molar-refractivity contribution is 7.17. The molecule has 248 valence electrons. The zero-order valence-corrected chi connectivity index (χ0v) is 26.1. The SMILES string of the molecule is O=C(O)C=CC(=O)O.O=C(O)C=CC(=O)O.O=c1ccc2ccc(OCCCCN3CCN(c4cccc5sccc45)CC3)cc2[nH]1. The van der Waals surface area contributed by atoms with Crippen molar-refractivity contribution in [3.63, 3.8) is 0 Å². The zero-order valence-electron chi connectivity index (χ0n) is 25.3. The van der Waals surface area contributed by atoms with E-state index in [2.05, 4.69) is 44.4 Å². The van der Waals surface area contributed by atoms with Crippen LogP contribution in [0.5, 0.6) is 5.75 Å². The summed E-state index contributed by atoms with van der Waals surface area (Å²) >= 11 is 1.82. The summed E-state index contributed by atoms with van der Waals surface area (Å²) in [5.74, 6) is -4.22. The van der Waals surface area contributed by atoms with Gasteiger partial charge in [-0.25, -0.2) is 19.2 Å². The van der Waals surface area contributed by atoms with Gasteiger partial charge in [0.25, 0.3) is 0 Å². The van der Waals surface area contributed by atoms with Gasteiger partial charge in [0.2, 0.25) is 5.56 Å². The zero-order chi connectivity index (χ0) is 34.2. The molecule has 5 N–H and O–H groups in total. The molecule has 3 heterocycles. The number of anilines is 1. The number of carboxylic acid groups (broad SMARTS) is 4. The van der Waals surface area contributed by atoms with Crippen molar-refractivity contribution in [3.8, 4) is 5.75 Å². The van der Waals surface area contributed by atoms with Crippen LogP contribution in [0.15, 0.2) is 89.1 Å². The molecular formula is C33H35N3O10S. The van der Waals surface area contributed by atoms with E-state index in [0.29, 0.717) is 30.9 Å². The number of rotatable bonds is 11. The molecule has 0 amide bonds. The third kappa shape index (κ3) is 12.8. The lowest BCUT2D eigenvalue weighted by molar-refractivity contribution is -0.134. The number of carboxylic acids is 4. The summed E-state index contributed by atoms with van der Waals surface area (Å²) in [6, 6.07) is 18.1. The average molecular weight is 666 g/mol. The van der Waals surface area contributed by atoms with E-state index in [0.717, 1.165) is 62.2 Å². The molecule has 1 aliphatic rings. The number of benzene rings is 2. The lowest BCUT2D eigenvalue weighted by Crippen LogP contribution is -2.46. The van der Waals surface area contributed by atoms with Crippen LogP contribution >= 0.6 is 11.3 Å². The Kier molecular flexibility index (Phi) is 14.2. The summed E-state index contributed by atoms with van der Waals surface area (Å²) in [4.78, 5) is 57.6. The molecule has 1 aliphatic heterocycles. The van der Waals surface area contributed by atoms with E-state index in [-0.39, 0.29) is 5.56 Å². The van der Waals surface area contributed by atoms with Crippen LogP contribution in [0.25, 0.3) is 21.0 Å². The Morgan fingerprint density at radius 2 is 1.40 bits per heavy atom. The number of aromatic amines is 1. The third-order valence-corrected chi connectivity index (χ3v) is 7.64. The smallest absolute Gasteiger partial charge is 0.328 e. The second kappa shape index (κ2) is 18.5. The van der Waals surface area contributed by atoms with E-state index in [4.69, 9.17) is 25.2 Å². The van der Waals surface area contributed by atoms with Gasteiger partial charge in [0.05, 0.1) is 12.1 Å². The summed E-state index contributed by atoms with van der Waals surface area (Å²) in [6.07, 6.45) is 4.39. The van der Waals surface area contributed by atoms with E-state index >= 15 is 0 Å². The van der Waals surface area contributed by atoms with Crippen molar-refractivity contribution in [1.82, 2.24) is 9.88 Å². The monoisotopic (exact) mass is 665 g/mol. The lowest BCUT2D eigenvalue weighted by atomic mass is 10.2. The van der Waals surface area contributed by atoms with Gasteiger partial charge < -0.3 is 35.0 Å². The largest absolute Gasteiger partial charge is 0.494 e. The molecule has 0 spiro atoms. The van der Waals surface area contributed by atoms with Crippen molar-refractivity contribution in [3.05, 3.63) is 94.6 Å². The lowest BCUT2D eigenvalue weighted by Gasteiger charge is -2.36. The van der Waals surface area contributed by atoms with Crippen LogP contribution in [0, 0.1) is 0 Å². The maximum atomic E-state index is 11.5. The first-order chi connectivity index (χ1) is 22.5. The second-order valence-corrected chi connectivity index (χ2v) is 11.0. The van der Waals surface area contributed by atoms with Crippen molar-refractivity contribution in [2.24, 2.45) is 0 Å². The highest BCUT2D eigenvalue weighted by atomic mass is 32.1. The number of carbonyl (C=O) groups is 4. The van der Waals surface area contributed by atoms with Crippen LogP contribution in [0.3, 0.4) is 0 Å². The minimum absolute atomic E-state index is 0.0863. The van der Waals surface area contributed by atoms with Gasteiger partial charge in [0.15, 0.2) is 0 Å². The van der Waals surface area contributed by atoms with E-state index < -0.39 is 23.9 Å². The first-order valence-corrected chi connectivity index (χ1v) is 15.4. The number of piperazine rings is 1.